The highest BCUT2D eigenvalue weighted by Gasteiger charge is 2.19. The minimum Gasteiger partial charge on any atom is -0.336 e. The third-order valence-corrected chi connectivity index (χ3v) is 5.57. The van der Waals surface area contributed by atoms with Crippen LogP contribution < -0.4 is 4.72 Å². The highest BCUT2D eigenvalue weighted by Crippen LogP contribution is 2.20. The second-order valence-electron chi connectivity index (χ2n) is 5.92. The van der Waals surface area contributed by atoms with Gasteiger partial charge in [0.1, 0.15) is 10.7 Å². The number of imidazole rings is 1. The van der Waals surface area contributed by atoms with E-state index in [4.69, 9.17) is 4.52 Å². The van der Waals surface area contributed by atoms with E-state index in [1.54, 1.807) is 6.92 Å². The minimum absolute atomic E-state index is 0.0882. The van der Waals surface area contributed by atoms with Gasteiger partial charge in [-0.15, -0.1) is 0 Å². The smallest absolute Gasteiger partial charge is 0.257 e. The summed E-state index contributed by atoms with van der Waals surface area (Å²) in [5.41, 5.74) is 1.66. The van der Waals surface area contributed by atoms with Gasteiger partial charge in [-0.25, -0.2) is 23.1 Å². The van der Waals surface area contributed by atoms with Crippen molar-refractivity contribution in [3.05, 3.63) is 35.7 Å². The number of rotatable bonds is 4. The Morgan fingerprint density at radius 3 is 3.08 bits per heavy atom. The fraction of sp³-hybridized carbons (Fsp3) is 0.400. The van der Waals surface area contributed by atoms with Crippen LogP contribution in [0.5, 0.6) is 0 Å². The van der Waals surface area contributed by atoms with Gasteiger partial charge in [-0.3, -0.25) is 0 Å². The number of hydrogen-bond donors (Lipinski definition) is 1. The van der Waals surface area contributed by atoms with Crippen LogP contribution in [0.15, 0.2) is 27.9 Å². The third-order valence-electron chi connectivity index (χ3n) is 4.20. The molecule has 3 aromatic rings. The molecule has 0 saturated heterocycles. The van der Waals surface area contributed by atoms with Gasteiger partial charge in [0.15, 0.2) is 0 Å². The first-order valence-corrected chi connectivity index (χ1v) is 9.28. The summed E-state index contributed by atoms with van der Waals surface area (Å²) in [5, 5.41) is 4.38. The Morgan fingerprint density at radius 2 is 2.25 bits per heavy atom. The SMILES string of the molecule is Cc1noc2ncc(S(=O)(=O)NCc3cn4c(n3)CCCC4)cc12. The zero-order valence-corrected chi connectivity index (χ0v) is 14.0. The molecule has 0 unspecified atom stereocenters. The van der Waals surface area contributed by atoms with Crippen molar-refractivity contribution in [3.63, 3.8) is 0 Å². The van der Waals surface area contributed by atoms with E-state index >= 15 is 0 Å². The van der Waals surface area contributed by atoms with Crippen LogP contribution in [-0.2, 0) is 29.5 Å². The summed E-state index contributed by atoms with van der Waals surface area (Å²) in [6.45, 7) is 2.85. The lowest BCUT2D eigenvalue weighted by molar-refractivity contribution is 0.442. The molecule has 1 N–H and O–H groups in total. The van der Waals surface area contributed by atoms with Crippen LogP contribution in [0.2, 0.25) is 0 Å². The number of fused-ring (bicyclic) bond motifs is 2. The van der Waals surface area contributed by atoms with Crippen molar-refractivity contribution in [2.24, 2.45) is 0 Å². The van der Waals surface area contributed by atoms with Crippen LogP contribution in [0.4, 0.5) is 0 Å². The van der Waals surface area contributed by atoms with Gasteiger partial charge >= 0.3 is 0 Å². The molecule has 0 amide bonds. The summed E-state index contributed by atoms with van der Waals surface area (Å²) in [4.78, 5) is 8.60. The van der Waals surface area contributed by atoms with Crippen molar-refractivity contribution in [2.45, 2.75) is 44.2 Å². The molecule has 1 aliphatic heterocycles. The number of nitrogens with one attached hydrogen (secondary N) is 1. The van der Waals surface area contributed by atoms with Crippen LogP contribution in [0, 0.1) is 6.92 Å². The van der Waals surface area contributed by atoms with Crippen molar-refractivity contribution >= 4 is 21.1 Å². The Morgan fingerprint density at radius 1 is 1.38 bits per heavy atom. The molecule has 1 aliphatic rings. The molecule has 9 heteroatoms. The Bertz CT molecular complexity index is 982. The fourth-order valence-corrected chi connectivity index (χ4v) is 3.85. The Hall–Kier alpha value is -2.26. The second kappa shape index (κ2) is 5.67. The van der Waals surface area contributed by atoms with Gasteiger partial charge in [0.2, 0.25) is 10.0 Å². The van der Waals surface area contributed by atoms with E-state index in [2.05, 4.69) is 24.4 Å². The predicted molar refractivity (Wildman–Crippen MR) is 85.7 cm³/mol. The highest BCUT2D eigenvalue weighted by atomic mass is 32.2. The highest BCUT2D eigenvalue weighted by molar-refractivity contribution is 7.89. The molecule has 3 aromatic heterocycles. The van der Waals surface area contributed by atoms with E-state index < -0.39 is 10.0 Å². The molecule has 126 valence electrons. The number of aromatic nitrogens is 4. The maximum absolute atomic E-state index is 12.5. The number of aryl methyl sites for hydroxylation is 3. The third kappa shape index (κ3) is 2.69. The van der Waals surface area contributed by atoms with E-state index in [-0.39, 0.29) is 11.4 Å². The molecule has 8 nitrogen and oxygen atoms in total. The van der Waals surface area contributed by atoms with Gasteiger partial charge in [0, 0.05) is 19.2 Å². The summed E-state index contributed by atoms with van der Waals surface area (Å²) in [5.74, 6) is 1.03. The summed E-state index contributed by atoms with van der Waals surface area (Å²) in [6, 6.07) is 1.52. The molecule has 0 spiro atoms. The molecule has 0 bridgehead atoms. The Kier molecular flexibility index (Phi) is 3.61. The maximum atomic E-state index is 12.5. The van der Waals surface area contributed by atoms with Crippen LogP contribution in [0.1, 0.15) is 30.1 Å². The predicted octanol–water partition coefficient (Wildman–Crippen LogP) is 1.54. The molecule has 0 aromatic carbocycles. The summed E-state index contributed by atoms with van der Waals surface area (Å²) in [6.07, 6.45) is 6.40. The van der Waals surface area contributed by atoms with Crippen LogP contribution in [0.3, 0.4) is 0 Å². The fourth-order valence-electron chi connectivity index (χ4n) is 2.88. The van der Waals surface area contributed by atoms with Gasteiger partial charge in [-0.1, -0.05) is 5.16 Å². The van der Waals surface area contributed by atoms with Crippen molar-refractivity contribution < 1.29 is 12.9 Å². The van der Waals surface area contributed by atoms with Crippen LogP contribution in [0.25, 0.3) is 11.1 Å². The molecule has 0 radical (unpaired) electrons. The molecule has 0 aliphatic carbocycles. The zero-order valence-electron chi connectivity index (χ0n) is 13.2. The number of hydrogen-bond acceptors (Lipinski definition) is 6. The molecular formula is C15H17N5O3S. The minimum atomic E-state index is -3.68. The first kappa shape index (κ1) is 15.3. The standard InChI is InChI=1S/C15H17N5O3S/c1-10-13-6-12(8-16-15(13)23-19-10)24(21,22)17-7-11-9-20-5-3-2-4-14(20)18-11/h6,8-9,17H,2-5,7H2,1H3. The van der Waals surface area contributed by atoms with Gasteiger partial charge in [0.05, 0.1) is 29.5 Å². The molecule has 0 fully saturated rings. The first-order chi connectivity index (χ1) is 11.5. The average Bonchev–Trinajstić information content (AvgIpc) is 3.16. The van der Waals surface area contributed by atoms with E-state index in [9.17, 15) is 8.42 Å². The monoisotopic (exact) mass is 347 g/mol. The quantitative estimate of drug-likeness (QED) is 0.768. The van der Waals surface area contributed by atoms with E-state index in [0.29, 0.717) is 16.8 Å². The van der Waals surface area contributed by atoms with Crippen molar-refractivity contribution in [1.29, 1.82) is 0 Å². The molecule has 4 rings (SSSR count). The normalized spacial score (nSPS) is 14.9. The second-order valence-corrected chi connectivity index (χ2v) is 7.68. The first-order valence-electron chi connectivity index (χ1n) is 7.79. The molecule has 24 heavy (non-hydrogen) atoms. The summed E-state index contributed by atoms with van der Waals surface area (Å²) >= 11 is 0. The maximum Gasteiger partial charge on any atom is 0.257 e. The lowest BCUT2D eigenvalue weighted by Gasteiger charge is -2.11. The molecule has 4 heterocycles. The number of pyridine rings is 1. The Labute approximate surface area is 138 Å². The summed E-state index contributed by atoms with van der Waals surface area (Å²) < 4.78 is 34.7. The molecule has 0 atom stereocenters. The Balaban J connectivity index is 1.55. The number of nitrogens with zero attached hydrogens (tertiary/aromatic N) is 4. The van der Waals surface area contributed by atoms with E-state index in [1.807, 2.05) is 6.20 Å². The number of sulfonamides is 1. The molecule has 0 saturated carbocycles. The van der Waals surface area contributed by atoms with Gasteiger partial charge < -0.3 is 9.09 Å². The lowest BCUT2D eigenvalue weighted by atomic mass is 10.2. The van der Waals surface area contributed by atoms with Crippen molar-refractivity contribution in [1.82, 2.24) is 24.4 Å². The van der Waals surface area contributed by atoms with Gasteiger partial charge in [-0.05, 0) is 25.8 Å². The average molecular weight is 347 g/mol. The lowest BCUT2D eigenvalue weighted by Crippen LogP contribution is -2.23. The van der Waals surface area contributed by atoms with Crippen molar-refractivity contribution in [2.75, 3.05) is 0 Å². The van der Waals surface area contributed by atoms with E-state index in [1.165, 1.54) is 12.3 Å². The van der Waals surface area contributed by atoms with Crippen LogP contribution in [-0.4, -0.2) is 28.1 Å². The zero-order chi connectivity index (χ0) is 16.7. The topological polar surface area (TPSA) is 103 Å². The summed E-state index contributed by atoms with van der Waals surface area (Å²) in [7, 11) is -3.68. The van der Waals surface area contributed by atoms with Gasteiger partial charge in [-0.2, -0.15) is 0 Å². The van der Waals surface area contributed by atoms with Crippen molar-refractivity contribution in [3.8, 4) is 0 Å². The van der Waals surface area contributed by atoms with E-state index in [0.717, 1.165) is 37.3 Å². The largest absolute Gasteiger partial charge is 0.336 e. The van der Waals surface area contributed by atoms with Crippen LogP contribution >= 0.6 is 0 Å². The van der Waals surface area contributed by atoms with Gasteiger partial charge in [0.25, 0.3) is 5.71 Å². The molecular weight excluding hydrogens is 330 g/mol.